The third-order valence-electron chi connectivity index (χ3n) is 4.55. The van der Waals surface area contributed by atoms with Crippen LogP contribution in [0, 0.1) is 0 Å². The highest BCUT2D eigenvalue weighted by atomic mass is 16.5. The Labute approximate surface area is 172 Å². The van der Waals surface area contributed by atoms with Gasteiger partial charge in [0, 0.05) is 12.6 Å². The van der Waals surface area contributed by atoms with Gasteiger partial charge in [0.2, 0.25) is 11.7 Å². The first-order valence-corrected chi connectivity index (χ1v) is 9.54. The Morgan fingerprint density at radius 3 is 2.73 bits per heavy atom. The molecule has 2 atom stereocenters. The highest BCUT2D eigenvalue weighted by Gasteiger charge is 2.32. The van der Waals surface area contributed by atoms with Crippen molar-refractivity contribution in [3.63, 3.8) is 0 Å². The van der Waals surface area contributed by atoms with Crippen molar-refractivity contribution >= 4 is 23.7 Å². The minimum Gasteiger partial charge on any atom is -0.445 e. The standard InChI is InChI=1S/C20H22N4O6/c25-17-15(8-4-5-10-21-19(17)27)22-18(26)16(14-9-11-30-24-14)23-20(28)29-12-13-6-2-1-3-7-13/h1-3,6-7,9,11,15-16H,4-5,8,10,12H2,(H,21,27)(H,22,26)(H,23,28). The molecule has 3 N–H and O–H groups in total. The lowest BCUT2D eigenvalue weighted by atomic mass is 10.0. The van der Waals surface area contributed by atoms with Crippen molar-refractivity contribution in [2.75, 3.05) is 6.54 Å². The molecule has 10 heteroatoms. The number of benzene rings is 1. The highest BCUT2D eigenvalue weighted by molar-refractivity contribution is 6.38. The molecule has 1 aromatic heterocycles. The molecule has 0 bridgehead atoms. The molecule has 1 aliphatic rings. The molecule has 1 fully saturated rings. The number of hydrogen-bond donors (Lipinski definition) is 3. The van der Waals surface area contributed by atoms with Gasteiger partial charge >= 0.3 is 6.09 Å². The number of aromatic nitrogens is 1. The van der Waals surface area contributed by atoms with Gasteiger partial charge in [-0.3, -0.25) is 14.4 Å². The van der Waals surface area contributed by atoms with Crippen LogP contribution in [-0.4, -0.2) is 41.4 Å². The number of carbonyl (C=O) groups excluding carboxylic acids is 4. The zero-order valence-electron chi connectivity index (χ0n) is 16.1. The summed E-state index contributed by atoms with van der Waals surface area (Å²) in [5.41, 5.74) is 0.910. The summed E-state index contributed by atoms with van der Waals surface area (Å²) in [6.07, 6.45) is 2.08. The zero-order chi connectivity index (χ0) is 21.3. The maximum absolute atomic E-state index is 12.8. The average Bonchev–Trinajstić information content (AvgIpc) is 3.28. The van der Waals surface area contributed by atoms with Crippen molar-refractivity contribution < 1.29 is 28.4 Å². The highest BCUT2D eigenvalue weighted by Crippen LogP contribution is 2.14. The fourth-order valence-electron chi connectivity index (χ4n) is 2.97. The summed E-state index contributed by atoms with van der Waals surface area (Å²) < 4.78 is 9.92. The number of nitrogens with zero attached hydrogens (tertiary/aromatic N) is 1. The van der Waals surface area contributed by atoms with Gasteiger partial charge in [-0.2, -0.15) is 0 Å². The number of ketones is 1. The van der Waals surface area contributed by atoms with Crippen molar-refractivity contribution in [3.05, 3.63) is 53.9 Å². The summed E-state index contributed by atoms with van der Waals surface area (Å²) in [6, 6.07) is 8.21. The fraction of sp³-hybridized carbons (Fsp3) is 0.350. The molecular formula is C20H22N4O6. The van der Waals surface area contributed by atoms with E-state index in [1.807, 2.05) is 18.2 Å². The van der Waals surface area contributed by atoms with E-state index in [2.05, 4.69) is 21.1 Å². The summed E-state index contributed by atoms with van der Waals surface area (Å²) in [5, 5.41) is 11.2. The first kappa shape index (κ1) is 21.0. The molecule has 3 amide bonds. The van der Waals surface area contributed by atoms with Gasteiger partial charge in [0.1, 0.15) is 18.6 Å². The maximum Gasteiger partial charge on any atom is 0.408 e. The number of ether oxygens (including phenoxy) is 1. The van der Waals surface area contributed by atoms with Crippen molar-refractivity contribution in [2.24, 2.45) is 0 Å². The SMILES string of the molecule is O=C(NC(C(=O)NC1CCCCNC(=O)C1=O)c1ccon1)OCc1ccccc1. The molecule has 2 heterocycles. The largest absolute Gasteiger partial charge is 0.445 e. The maximum atomic E-state index is 12.8. The molecule has 10 nitrogen and oxygen atoms in total. The summed E-state index contributed by atoms with van der Waals surface area (Å²) in [6.45, 7) is 0.433. The van der Waals surface area contributed by atoms with Crippen molar-refractivity contribution in [1.82, 2.24) is 21.1 Å². The van der Waals surface area contributed by atoms with Gasteiger partial charge in [0.25, 0.3) is 5.91 Å². The van der Waals surface area contributed by atoms with E-state index in [4.69, 9.17) is 9.26 Å². The Balaban J connectivity index is 1.65. The molecule has 0 spiro atoms. The van der Waals surface area contributed by atoms with Crippen LogP contribution in [0.1, 0.15) is 36.6 Å². The second kappa shape index (κ2) is 10.2. The Morgan fingerprint density at radius 2 is 2.00 bits per heavy atom. The van der Waals surface area contributed by atoms with E-state index in [0.717, 1.165) is 5.56 Å². The van der Waals surface area contributed by atoms with Gasteiger partial charge in [0.05, 0.1) is 6.04 Å². The van der Waals surface area contributed by atoms with Gasteiger partial charge in [-0.05, 0) is 24.8 Å². The normalized spacial score (nSPS) is 17.8. The average molecular weight is 414 g/mol. The first-order chi connectivity index (χ1) is 14.5. The molecule has 0 aliphatic carbocycles. The lowest BCUT2D eigenvalue weighted by molar-refractivity contribution is -0.140. The van der Waals surface area contributed by atoms with Gasteiger partial charge in [-0.1, -0.05) is 35.5 Å². The van der Waals surface area contributed by atoms with Crippen LogP contribution in [0.2, 0.25) is 0 Å². The minimum atomic E-state index is -1.26. The molecular weight excluding hydrogens is 392 g/mol. The number of hydrogen-bond acceptors (Lipinski definition) is 7. The predicted molar refractivity (Wildman–Crippen MR) is 103 cm³/mol. The van der Waals surface area contributed by atoms with Gasteiger partial charge in [-0.25, -0.2) is 4.79 Å². The molecule has 30 heavy (non-hydrogen) atoms. The topological polar surface area (TPSA) is 140 Å². The molecule has 1 aromatic carbocycles. The Hall–Kier alpha value is -3.69. The first-order valence-electron chi connectivity index (χ1n) is 9.54. The third kappa shape index (κ3) is 5.66. The van der Waals surface area contributed by atoms with E-state index in [9.17, 15) is 19.2 Å². The molecule has 3 rings (SSSR count). The van der Waals surface area contributed by atoms with Gasteiger partial charge in [-0.15, -0.1) is 0 Å². The van der Waals surface area contributed by atoms with Crippen molar-refractivity contribution in [1.29, 1.82) is 0 Å². The number of alkyl carbamates (subject to hydrolysis) is 1. The number of carbonyl (C=O) groups is 4. The van der Waals surface area contributed by atoms with Gasteiger partial charge < -0.3 is 25.2 Å². The van der Waals surface area contributed by atoms with Crippen LogP contribution in [0.5, 0.6) is 0 Å². The predicted octanol–water partition coefficient (Wildman–Crippen LogP) is 0.996. The van der Waals surface area contributed by atoms with E-state index in [1.165, 1.54) is 12.3 Å². The third-order valence-corrected chi connectivity index (χ3v) is 4.55. The number of rotatable bonds is 6. The number of amides is 3. The van der Waals surface area contributed by atoms with E-state index in [1.54, 1.807) is 12.1 Å². The van der Waals surface area contributed by atoms with Crippen LogP contribution in [0.15, 0.2) is 47.2 Å². The second-order valence-corrected chi connectivity index (χ2v) is 6.74. The molecule has 2 unspecified atom stereocenters. The van der Waals surface area contributed by atoms with Crippen molar-refractivity contribution in [3.8, 4) is 0 Å². The monoisotopic (exact) mass is 414 g/mol. The van der Waals surface area contributed by atoms with Crippen LogP contribution in [0.4, 0.5) is 4.79 Å². The zero-order valence-corrected chi connectivity index (χ0v) is 16.1. The van der Waals surface area contributed by atoms with Crippen molar-refractivity contribution in [2.45, 2.75) is 38.0 Å². The Morgan fingerprint density at radius 1 is 1.20 bits per heavy atom. The number of Topliss-reactive ketones (excluding diaryl/α,β-unsaturated/α-hetero) is 1. The Kier molecular flexibility index (Phi) is 7.14. The van der Waals surface area contributed by atoms with Crippen LogP contribution < -0.4 is 16.0 Å². The smallest absolute Gasteiger partial charge is 0.408 e. The summed E-state index contributed by atoms with van der Waals surface area (Å²) in [5.74, 6) is -2.17. The van der Waals surface area contributed by atoms with Crippen LogP contribution in [0.3, 0.4) is 0 Å². The summed E-state index contributed by atoms with van der Waals surface area (Å²) >= 11 is 0. The molecule has 1 saturated heterocycles. The van der Waals surface area contributed by atoms with Crippen LogP contribution in [-0.2, 0) is 25.7 Å². The van der Waals surface area contributed by atoms with Gasteiger partial charge in [0.15, 0.2) is 6.04 Å². The van der Waals surface area contributed by atoms with Crippen LogP contribution >= 0.6 is 0 Å². The molecule has 1 aliphatic heterocycles. The van der Waals surface area contributed by atoms with E-state index < -0.39 is 35.8 Å². The fourth-order valence-corrected chi connectivity index (χ4v) is 2.97. The summed E-state index contributed by atoms with van der Waals surface area (Å²) in [7, 11) is 0. The lowest BCUT2D eigenvalue weighted by Crippen LogP contribution is -2.51. The summed E-state index contributed by atoms with van der Waals surface area (Å²) in [4.78, 5) is 49.1. The van der Waals surface area contributed by atoms with E-state index >= 15 is 0 Å². The molecule has 0 radical (unpaired) electrons. The molecule has 0 saturated carbocycles. The minimum absolute atomic E-state index is 0.0150. The second-order valence-electron chi connectivity index (χ2n) is 6.74. The quantitative estimate of drug-likeness (QED) is 0.599. The van der Waals surface area contributed by atoms with E-state index in [0.29, 0.717) is 25.8 Å². The van der Waals surface area contributed by atoms with Crippen LogP contribution in [0.25, 0.3) is 0 Å². The molecule has 158 valence electrons. The molecule has 2 aromatic rings. The lowest BCUT2D eigenvalue weighted by Gasteiger charge is -2.22. The Bertz CT molecular complexity index is 884. The number of nitrogens with one attached hydrogen (secondary N) is 3. The van der Waals surface area contributed by atoms with E-state index in [-0.39, 0.29) is 12.3 Å².